The highest BCUT2D eigenvalue weighted by atomic mass is 19.1. The van der Waals surface area contributed by atoms with Crippen LogP contribution >= 0.6 is 0 Å². The Morgan fingerprint density at radius 3 is 2.83 bits per heavy atom. The van der Waals surface area contributed by atoms with Crippen LogP contribution in [-0.2, 0) is 6.42 Å². The van der Waals surface area contributed by atoms with Crippen LogP contribution in [0.2, 0.25) is 0 Å². The molecule has 0 amide bonds. The topological polar surface area (TPSA) is 36.4 Å². The number of nitrogens with one attached hydrogen (secondary N) is 2. The van der Waals surface area contributed by atoms with E-state index in [2.05, 4.69) is 29.5 Å². The zero-order valence-corrected chi connectivity index (χ0v) is 11.3. The van der Waals surface area contributed by atoms with Crippen LogP contribution in [0.3, 0.4) is 0 Å². The van der Waals surface area contributed by atoms with Crippen LogP contribution in [-0.4, -0.2) is 25.6 Å². The fourth-order valence-electron chi connectivity index (χ4n) is 1.55. The van der Waals surface area contributed by atoms with E-state index in [1.54, 1.807) is 19.2 Å². The van der Waals surface area contributed by atoms with Crippen molar-refractivity contribution >= 4 is 5.96 Å². The molecule has 4 heteroatoms. The minimum Gasteiger partial charge on any atom is -0.356 e. The average molecular weight is 251 g/mol. The molecule has 1 rings (SSSR count). The number of rotatable bonds is 5. The van der Waals surface area contributed by atoms with Gasteiger partial charge in [0.25, 0.3) is 0 Å². The van der Waals surface area contributed by atoms with Gasteiger partial charge in [-0.2, -0.15) is 0 Å². The fourth-order valence-corrected chi connectivity index (χ4v) is 1.55. The van der Waals surface area contributed by atoms with Gasteiger partial charge in [-0.1, -0.05) is 19.1 Å². The van der Waals surface area contributed by atoms with Crippen LogP contribution in [0.25, 0.3) is 0 Å². The van der Waals surface area contributed by atoms with Crippen molar-refractivity contribution in [3.8, 4) is 0 Å². The lowest BCUT2D eigenvalue weighted by atomic mass is 10.1. The molecule has 0 radical (unpaired) electrons. The van der Waals surface area contributed by atoms with Crippen LogP contribution in [0, 0.1) is 5.82 Å². The molecule has 1 aromatic rings. The van der Waals surface area contributed by atoms with E-state index < -0.39 is 0 Å². The predicted octanol–water partition coefficient (Wildman–Crippen LogP) is 2.33. The quantitative estimate of drug-likeness (QED) is 0.622. The Labute approximate surface area is 109 Å². The van der Waals surface area contributed by atoms with E-state index in [-0.39, 0.29) is 5.82 Å². The van der Waals surface area contributed by atoms with E-state index in [1.165, 1.54) is 6.07 Å². The van der Waals surface area contributed by atoms with Gasteiger partial charge in [0.1, 0.15) is 5.82 Å². The second-order valence-electron chi connectivity index (χ2n) is 4.33. The normalized spacial score (nSPS) is 13.2. The van der Waals surface area contributed by atoms with Crippen molar-refractivity contribution in [2.45, 2.75) is 32.7 Å². The Morgan fingerprint density at radius 1 is 1.44 bits per heavy atom. The zero-order chi connectivity index (χ0) is 13.4. The molecule has 0 saturated carbocycles. The van der Waals surface area contributed by atoms with E-state index in [1.807, 2.05) is 6.07 Å². The third kappa shape index (κ3) is 5.17. The standard InChI is InChI=1S/C14H22FN3/c1-4-11(2)18-14(16-3)17-9-8-12-6-5-7-13(15)10-12/h5-7,10-11H,4,8-9H2,1-3H3,(H2,16,17,18). The van der Waals surface area contributed by atoms with Gasteiger partial charge in [0.15, 0.2) is 5.96 Å². The van der Waals surface area contributed by atoms with Gasteiger partial charge in [-0.05, 0) is 37.5 Å². The summed E-state index contributed by atoms with van der Waals surface area (Å²) in [5, 5.41) is 6.50. The Hall–Kier alpha value is -1.58. The summed E-state index contributed by atoms with van der Waals surface area (Å²) >= 11 is 0. The molecule has 100 valence electrons. The summed E-state index contributed by atoms with van der Waals surface area (Å²) in [6.45, 7) is 4.97. The SMILES string of the molecule is CCC(C)NC(=NC)NCCc1cccc(F)c1. The Balaban J connectivity index is 2.36. The summed E-state index contributed by atoms with van der Waals surface area (Å²) in [6, 6.07) is 7.07. The van der Waals surface area contributed by atoms with Gasteiger partial charge in [0, 0.05) is 19.6 Å². The lowest BCUT2D eigenvalue weighted by molar-refractivity contribution is 0.620. The fraction of sp³-hybridized carbons (Fsp3) is 0.500. The van der Waals surface area contributed by atoms with Crippen molar-refractivity contribution in [3.05, 3.63) is 35.6 Å². The van der Waals surface area contributed by atoms with Crippen LogP contribution in [0.15, 0.2) is 29.3 Å². The third-order valence-electron chi connectivity index (χ3n) is 2.81. The summed E-state index contributed by atoms with van der Waals surface area (Å²) < 4.78 is 13.0. The summed E-state index contributed by atoms with van der Waals surface area (Å²) in [5.74, 6) is 0.607. The van der Waals surface area contributed by atoms with E-state index in [4.69, 9.17) is 0 Å². The van der Waals surface area contributed by atoms with Gasteiger partial charge in [-0.25, -0.2) is 4.39 Å². The maximum Gasteiger partial charge on any atom is 0.191 e. The van der Waals surface area contributed by atoms with Crippen molar-refractivity contribution < 1.29 is 4.39 Å². The van der Waals surface area contributed by atoms with Gasteiger partial charge in [-0.3, -0.25) is 4.99 Å². The molecule has 0 heterocycles. The first-order valence-electron chi connectivity index (χ1n) is 6.37. The lowest BCUT2D eigenvalue weighted by Gasteiger charge is -2.16. The molecule has 0 saturated heterocycles. The summed E-state index contributed by atoms with van der Waals surface area (Å²) in [4.78, 5) is 4.15. The molecule has 0 aliphatic heterocycles. The second kappa shape index (κ2) is 7.69. The maximum atomic E-state index is 13.0. The number of aliphatic imine (C=N–C) groups is 1. The van der Waals surface area contributed by atoms with Crippen LogP contribution in [0.4, 0.5) is 4.39 Å². The molecule has 0 spiro atoms. The Bertz CT molecular complexity index is 390. The first-order valence-corrected chi connectivity index (χ1v) is 6.37. The molecular weight excluding hydrogens is 229 g/mol. The Kier molecular flexibility index (Phi) is 6.19. The maximum absolute atomic E-state index is 13.0. The van der Waals surface area contributed by atoms with E-state index in [9.17, 15) is 4.39 Å². The van der Waals surface area contributed by atoms with Gasteiger partial charge < -0.3 is 10.6 Å². The van der Waals surface area contributed by atoms with Crippen molar-refractivity contribution in [2.75, 3.05) is 13.6 Å². The van der Waals surface area contributed by atoms with Crippen molar-refractivity contribution in [1.29, 1.82) is 0 Å². The highest BCUT2D eigenvalue weighted by Gasteiger charge is 2.02. The first-order chi connectivity index (χ1) is 8.65. The molecular formula is C14H22FN3. The summed E-state index contributed by atoms with van der Waals surface area (Å²) in [7, 11) is 1.75. The van der Waals surface area contributed by atoms with E-state index in [0.29, 0.717) is 6.04 Å². The average Bonchev–Trinajstić information content (AvgIpc) is 2.37. The number of benzene rings is 1. The smallest absolute Gasteiger partial charge is 0.191 e. The van der Waals surface area contributed by atoms with Crippen molar-refractivity contribution in [2.24, 2.45) is 4.99 Å². The first kappa shape index (κ1) is 14.5. The number of hydrogen-bond acceptors (Lipinski definition) is 1. The van der Waals surface area contributed by atoms with Gasteiger partial charge in [0.2, 0.25) is 0 Å². The minimum absolute atomic E-state index is 0.186. The largest absolute Gasteiger partial charge is 0.356 e. The molecule has 0 aliphatic carbocycles. The lowest BCUT2D eigenvalue weighted by Crippen LogP contribution is -2.42. The van der Waals surface area contributed by atoms with Crippen LogP contribution < -0.4 is 10.6 Å². The van der Waals surface area contributed by atoms with Gasteiger partial charge >= 0.3 is 0 Å². The molecule has 1 atom stereocenters. The molecule has 3 nitrogen and oxygen atoms in total. The second-order valence-corrected chi connectivity index (χ2v) is 4.33. The van der Waals surface area contributed by atoms with E-state index >= 15 is 0 Å². The van der Waals surface area contributed by atoms with Crippen molar-refractivity contribution in [3.63, 3.8) is 0 Å². The molecule has 0 bridgehead atoms. The van der Waals surface area contributed by atoms with Crippen LogP contribution in [0.5, 0.6) is 0 Å². The zero-order valence-electron chi connectivity index (χ0n) is 11.3. The molecule has 1 aromatic carbocycles. The van der Waals surface area contributed by atoms with Gasteiger partial charge in [-0.15, -0.1) is 0 Å². The number of halogens is 1. The van der Waals surface area contributed by atoms with Gasteiger partial charge in [0.05, 0.1) is 0 Å². The Morgan fingerprint density at radius 2 is 2.22 bits per heavy atom. The third-order valence-corrected chi connectivity index (χ3v) is 2.81. The summed E-state index contributed by atoms with van der Waals surface area (Å²) in [5.41, 5.74) is 0.987. The molecule has 0 aliphatic rings. The number of nitrogens with zero attached hydrogens (tertiary/aromatic N) is 1. The molecule has 18 heavy (non-hydrogen) atoms. The molecule has 1 unspecified atom stereocenters. The summed E-state index contributed by atoms with van der Waals surface area (Å²) in [6.07, 6.45) is 1.82. The predicted molar refractivity (Wildman–Crippen MR) is 74.4 cm³/mol. The van der Waals surface area contributed by atoms with Crippen molar-refractivity contribution in [1.82, 2.24) is 10.6 Å². The molecule has 0 aromatic heterocycles. The van der Waals surface area contributed by atoms with Crippen LogP contribution in [0.1, 0.15) is 25.8 Å². The highest BCUT2D eigenvalue weighted by molar-refractivity contribution is 5.79. The minimum atomic E-state index is -0.186. The molecule has 0 fully saturated rings. The van der Waals surface area contributed by atoms with E-state index in [0.717, 1.165) is 30.9 Å². The highest BCUT2D eigenvalue weighted by Crippen LogP contribution is 2.03. The molecule has 2 N–H and O–H groups in total. The monoisotopic (exact) mass is 251 g/mol. The number of guanidine groups is 1. The number of hydrogen-bond donors (Lipinski definition) is 2.